The first-order valence-corrected chi connectivity index (χ1v) is 14.8. The molecule has 184 valence electrons. The molecule has 0 saturated carbocycles. The van der Waals surface area contributed by atoms with Gasteiger partial charge in [0, 0.05) is 21.5 Å². The Kier molecular flexibility index (Phi) is 4.79. The Hall–Kier alpha value is -4.72. The molecule has 4 heteroatoms. The van der Waals surface area contributed by atoms with Crippen LogP contribution in [0.4, 0.5) is 0 Å². The van der Waals surface area contributed by atoms with Gasteiger partial charge in [-0.15, -0.1) is 0 Å². The van der Waals surface area contributed by atoms with Crippen molar-refractivity contribution in [3.05, 3.63) is 140 Å². The molecule has 0 N–H and O–H groups in total. The van der Waals surface area contributed by atoms with Gasteiger partial charge in [0.25, 0.3) is 0 Å². The molecule has 39 heavy (non-hydrogen) atoms. The summed E-state index contributed by atoms with van der Waals surface area (Å²) in [6.45, 7) is 0. The van der Waals surface area contributed by atoms with Crippen LogP contribution >= 0.6 is 7.14 Å². The van der Waals surface area contributed by atoms with Gasteiger partial charge in [-0.2, -0.15) is 0 Å². The number of fused-ring (bicyclic) bond motifs is 3. The van der Waals surface area contributed by atoms with E-state index < -0.39 is 7.14 Å². The molecular weight excluding hydrogens is 495 g/mol. The molecule has 0 saturated heterocycles. The van der Waals surface area contributed by atoms with Crippen LogP contribution in [-0.4, -0.2) is 9.55 Å². The third kappa shape index (κ3) is 3.24. The summed E-state index contributed by atoms with van der Waals surface area (Å²) in [5, 5.41) is 5.01. The van der Waals surface area contributed by atoms with Gasteiger partial charge in [0.1, 0.15) is 5.82 Å². The molecule has 2 heterocycles. The first-order chi connectivity index (χ1) is 19.2. The summed E-state index contributed by atoms with van der Waals surface area (Å²) in [4.78, 5) is 5.10. The first kappa shape index (κ1) is 22.3. The van der Waals surface area contributed by atoms with E-state index in [1.807, 2.05) is 66.7 Å². The molecule has 1 unspecified atom stereocenters. The normalized spacial score (nSPS) is 15.9. The minimum absolute atomic E-state index is 0.844. The van der Waals surface area contributed by atoms with E-state index >= 15 is 4.57 Å². The average molecular weight is 519 g/mol. The van der Waals surface area contributed by atoms with Crippen molar-refractivity contribution < 1.29 is 4.57 Å². The van der Waals surface area contributed by atoms with Crippen LogP contribution in [0.15, 0.2) is 140 Å². The first-order valence-electron chi connectivity index (χ1n) is 13.1. The molecule has 8 rings (SSSR count). The Labute approximate surface area is 226 Å². The lowest BCUT2D eigenvalue weighted by molar-refractivity contribution is 0.592. The van der Waals surface area contributed by atoms with Gasteiger partial charge in [0.2, 0.25) is 0 Å². The van der Waals surface area contributed by atoms with Crippen LogP contribution in [0.2, 0.25) is 0 Å². The van der Waals surface area contributed by atoms with Gasteiger partial charge < -0.3 is 4.57 Å². The highest BCUT2D eigenvalue weighted by atomic mass is 31.2. The SMILES string of the molecule is O=P1(c2ccccc2)c2ccccc2-n2c(-c3ccc(-c4ccc5ccccc5c4)cc3)nc3cccc1c32. The van der Waals surface area contributed by atoms with Gasteiger partial charge in [-0.3, -0.25) is 4.57 Å². The minimum atomic E-state index is -3.07. The van der Waals surface area contributed by atoms with Gasteiger partial charge in [0.05, 0.1) is 16.7 Å². The third-order valence-electron chi connectivity index (χ3n) is 7.80. The van der Waals surface area contributed by atoms with Crippen molar-refractivity contribution in [2.75, 3.05) is 0 Å². The van der Waals surface area contributed by atoms with Gasteiger partial charge in [-0.1, -0.05) is 109 Å². The molecule has 0 radical (unpaired) electrons. The fourth-order valence-electron chi connectivity index (χ4n) is 5.94. The van der Waals surface area contributed by atoms with E-state index in [4.69, 9.17) is 4.98 Å². The minimum Gasteiger partial charge on any atom is -0.308 e. The van der Waals surface area contributed by atoms with Crippen LogP contribution < -0.4 is 15.9 Å². The maximum absolute atomic E-state index is 15.1. The maximum Gasteiger partial charge on any atom is 0.175 e. The molecular formula is C35H23N2OP. The van der Waals surface area contributed by atoms with Crippen molar-refractivity contribution in [1.29, 1.82) is 0 Å². The molecule has 1 aliphatic rings. The van der Waals surface area contributed by atoms with Crippen LogP contribution in [0.5, 0.6) is 0 Å². The van der Waals surface area contributed by atoms with E-state index in [0.29, 0.717) is 0 Å². The zero-order chi connectivity index (χ0) is 26.0. The number of rotatable bonds is 3. The van der Waals surface area contributed by atoms with E-state index in [1.165, 1.54) is 16.3 Å². The molecule has 0 aliphatic carbocycles. The second kappa shape index (κ2) is 8.39. The Balaban J connectivity index is 1.33. The van der Waals surface area contributed by atoms with Crippen LogP contribution in [-0.2, 0) is 4.57 Å². The summed E-state index contributed by atoms with van der Waals surface area (Å²) >= 11 is 0. The summed E-state index contributed by atoms with van der Waals surface area (Å²) < 4.78 is 17.3. The summed E-state index contributed by atoms with van der Waals surface area (Å²) in [5.74, 6) is 0.856. The summed E-state index contributed by atoms with van der Waals surface area (Å²) in [6, 6.07) is 47.6. The molecule has 0 fully saturated rings. The molecule has 6 aromatic carbocycles. The molecule has 0 bridgehead atoms. The highest BCUT2D eigenvalue weighted by Crippen LogP contribution is 2.49. The fraction of sp³-hybridized carbons (Fsp3) is 0. The van der Waals surface area contributed by atoms with Gasteiger partial charge >= 0.3 is 0 Å². The molecule has 3 nitrogen and oxygen atoms in total. The Morgan fingerprint density at radius 1 is 0.538 bits per heavy atom. The monoisotopic (exact) mass is 518 g/mol. The van der Waals surface area contributed by atoms with Crippen molar-refractivity contribution >= 4 is 44.9 Å². The molecule has 0 spiro atoms. The Bertz CT molecular complexity index is 2090. The number of para-hydroxylation sites is 2. The Morgan fingerprint density at radius 3 is 2.05 bits per heavy atom. The number of imidazole rings is 1. The number of aromatic nitrogens is 2. The second-order valence-electron chi connectivity index (χ2n) is 9.99. The van der Waals surface area contributed by atoms with Crippen molar-refractivity contribution in [1.82, 2.24) is 9.55 Å². The van der Waals surface area contributed by atoms with Crippen LogP contribution in [0, 0.1) is 0 Å². The summed E-state index contributed by atoms with van der Waals surface area (Å²) in [7, 11) is -3.07. The molecule has 1 aliphatic heterocycles. The smallest absolute Gasteiger partial charge is 0.175 e. The predicted octanol–water partition coefficient (Wildman–Crippen LogP) is 7.47. The maximum atomic E-state index is 15.1. The van der Waals surface area contributed by atoms with Crippen LogP contribution in [0.1, 0.15) is 0 Å². The topological polar surface area (TPSA) is 34.9 Å². The summed E-state index contributed by atoms with van der Waals surface area (Å²) in [5.41, 5.74) is 6.08. The zero-order valence-corrected chi connectivity index (χ0v) is 21.9. The molecule has 0 amide bonds. The van der Waals surface area contributed by atoms with E-state index in [1.54, 1.807) is 0 Å². The van der Waals surface area contributed by atoms with Crippen molar-refractivity contribution in [3.63, 3.8) is 0 Å². The zero-order valence-electron chi connectivity index (χ0n) is 21.0. The van der Waals surface area contributed by atoms with Gasteiger partial charge in [-0.25, -0.2) is 4.98 Å². The van der Waals surface area contributed by atoms with E-state index in [9.17, 15) is 0 Å². The summed E-state index contributed by atoms with van der Waals surface area (Å²) in [6.07, 6.45) is 0. The van der Waals surface area contributed by atoms with E-state index in [0.717, 1.165) is 49.6 Å². The second-order valence-corrected chi connectivity index (χ2v) is 12.7. The largest absolute Gasteiger partial charge is 0.308 e. The van der Waals surface area contributed by atoms with Crippen molar-refractivity contribution in [3.8, 4) is 28.2 Å². The highest BCUT2D eigenvalue weighted by Gasteiger charge is 2.39. The molecule has 7 aromatic rings. The van der Waals surface area contributed by atoms with E-state index in [-0.39, 0.29) is 0 Å². The highest BCUT2D eigenvalue weighted by molar-refractivity contribution is 7.86. The predicted molar refractivity (Wildman–Crippen MR) is 162 cm³/mol. The third-order valence-corrected chi connectivity index (χ3v) is 10.9. The number of nitrogens with zero attached hydrogens (tertiary/aromatic N) is 2. The standard InChI is InChI=1S/C35H23N2OP/c38-39(29-11-2-1-3-12-29)32-15-7-6-14-31(32)37-34-30(13-8-16-33(34)39)36-35(37)26-20-17-25(18-21-26)28-22-19-24-9-4-5-10-27(24)23-28/h1-23H. The lowest BCUT2D eigenvalue weighted by atomic mass is 10.00. The Morgan fingerprint density at radius 2 is 1.21 bits per heavy atom. The lowest BCUT2D eigenvalue weighted by Crippen LogP contribution is -2.32. The van der Waals surface area contributed by atoms with Crippen molar-refractivity contribution in [2.24, 2.45) is 0 Å². The lowest BCUT2D eigenvalue weighted by Gasteiger charge is -2.29. The molecule has 1 atom stereocenters. The van der Waals surface area contributed by atoms with Crippen molar-refractivity contribution in [2.45, 2.75) is 0 Å². The number of benzene rings is 6. The fourth-order valence-corrected chi connectivity index (χ4v) is 8.95. The van der Waals surface area contributed by atoms with Crippen LogP contribution in [0.25, 0.3) is 50.0 Å². The van der Waals surface area contributed by atoms with Gasteiger partial charge in [-0.05, 0) is 52.2 Å². The van der Waals surface area contributed by atoms with Gasteiger partial charge in [0.15, 0.2) is 7.14 Å². The van der Waals surface area contributed by atoms with E-state index in [2.05, 4.69) is 77.4 Å². The quantitative estimate of drug-likeness (QED) is 0.228. The number of hydrogen-bond acceptors (Lipinski definition) is 2. The van der Waals surface area contributed by atoms with Crippen LogP contribution in [0.3, 0.4) is 0 Å². The molecule has 1 aromatic heterocycles. The average Bonchev–Trinajstić information content (AvgIpc) is 3.40. The number of hydrogen-bond donors (Lipinski definition) is 0.